The highest BCUT2D eigenvalue weighted by Crippen LogP contribution is 2.26. The quantitative estimate of drug-likeness (QED) is 0.677. The second kappa shape index (κ2) is 6.79. The molecule has 0 heterocycles. The fraction of sp³-hybridized carbons (Fsp3) is 0.235. The minimum atomic E-state index is -0.446. The van der Waals surface area contributed by atoms with Gasteiger partial charge in [-0.1, -0.05) is 37.3 Å². The summed E-state index contributed by atoms with van der Waals surface area (Å²) in [6.07, 6.45) is 0.987. The largest absolute Gasteiger partial charge is 0.494 e. The number of benzene rings is 2. The summed E-state index contributed by atoms with van der Waals surface area (Å²) in [4.78, 5) is 12.1. The summed E-state index contributed by atoms with van der Waals surface area (Å²) >= 11 is 0. The molecule has 0 aliphatic heterocycles. The van der Waals surface area contributed by atoms with E-state index in [2.05, 4.69) is 6.92 Å². The zero-order valence-electron chi connectivity index (χ0n) is 12.3. The SMILES string of the molecule is CCc1ccc(COC(=O)c2cccc(N)c2OC)cc1. The number of hydrogen-bond acceptors (Lipinski definition) is 4. The number of hydrogen-bond donors (Lipinski definition) is 1. The third-order valence-corrected chi connectivity index (χ3v) is 3.27. The molecule has 4 heteroatoms. The van der Waals surface area contributed by atoms with Gasteiger partial charge in [0.05, 0.1) is 12.8 Å². The second-order valence-electron chi connectivity index (χ2n) is 4.67. The first-order chi connectivity index (χ1) is 10.2. The van der Waals surface area contributed by atoms with Crippen molar-refractivity contribution in [2.24, 2.45) is 0 Å². The normalized spacial score (nSPS) is 10.2. The van der Waals surface area contributed by atoms with Gasteiger partial charge in [0.1, 0.15) is 12.2 Å². The lowest BCUT2D eigenvalue weighted by Gasteiger charge is -2.11. The number of nitrogens with two attached hydrogens (primary N) is 1. The molecule has 110 valence electrons. The van der Waals surface area contributed by atoms with Gasteiger partial charge < -0.3 is 15.2 Å². The van der Waals surface area contributed by atoms with Gasteiger partial charge in [0.15, 0.2) is 5.75 Å². The standard InChI is InChI=1S/C17H19NO3/c1-3-12-7-9-13(10-8-12)11-21-17(19)14-5-4-6-15(18)16(14)20-2/h4-10H,3,11,18H2,1-2H3. The lowest BCUT2D eigenvalue weighted by Crippen LogP contribution is -2.08. The molecule has 2 rings (SSSR count). The smallest absolute Gasteiger partial charge is 0.342 e. The maximum absolute atomic E-state index is 12.1. The van der Waals surface area contributed by atoms with Gasteiger partial charge in [0.2, 0.25) is 0 Å². The number of aryl methyl sites for hydroxylation is 1. The zero-order chi connectivity index (χ0) is 15.2. The number of carbonyl (C=O) groups is 1. The molecule has 0 amide bonds. The summed E-state index contributed by atoms with van der Waals surface area (Å²) in [6, 6.07) is 13.0. The van der Waals surface area contributed by atoms with Crippen LogP contribution in [0.2, 0.25) is 0 Å². The molecule has 2 aromatic rings. The maximum atomic E-state index is 12.1. The van der Waals surface area contributed by atoms with Gasteiger partial charge in [-0.25, -0.2) is 4.79 Å². The number of esters is 1. The van der Waals surface area contributed by atoms with Crippen molar-refractivity contribution < 1.29 is 14.3 Å². The summed E-state index contributed by atoms with van der Waals surface area (Å²) < 4.78 is 10.5. The van der Waals surface area contributed by atoms with Gasteiger partial charge in [-0.2, -0.15) is 0 Å². The minimum absolute atomic E-state index is 0.223. The predicted molar refractivity (Wildman–Crippen MR) is 82.3 cm³/mol. The van der Waals surface area contributed by atoms with Crippen molar-refractivity contribution in [3.63, 3.8) is 0 Å². The van der Waals surface area contributed by atoms with Crippen molar-refractivity contribution in [3.05, 3.63) is 59.2 Å². The van der Waals surface area contributed by atoms with Crippen LogP contribution in [0.3, 0.4) is 0 Å². The molecule has 0 aromatic heterocycles. The highest BCUT2D eigenvalue weighted by atomic mass is 16.5. The van der Waals surface area contributed by atoms with Crippen LogP contribution >= 0.6 is 0 Å². The number of para-hydroxylation sites is 1. The molecule has 0 fully saturated rings. The van der Waals surface area contributed by atoms with E-state index < -0.39 is 5.97 Å². The van der Waals surface area contributed by atoms with Crippen molar-refractivity contribution in [1.82, 2.24) is 0 Å². The van der Waals surface area contributed by atoms with Crippen LogP contribution in [0.1, 0.15) is 28.4 Å². The van der Waals surface area contributed by atoms with E-state index in [4.69, 9.17) is 15.2 Å². The third kappa shape index (κ3) is 3.54. The Morgan fingerprint density at radius 1 is 1.10 bits per heavy atom. The molecule has 21 heavy (non-hydrogen) atoms. The molecule has 0 bridgehead atoms. The molecule has 0 unspecified atom stereocenters. The number of methoxy groups -OCH3 is 1. The van der Waals surface area contributed by atoms with Gasteiger partial charge in [0, 0.05) is 0 Å². The van der Waals surface area contributed by atoms with E-state index >= 15 is 0 Å². The van der Waals surface area contributed by atoms with Gasteiger partial charge >= 0.3 is 5.97 Å². The Kier molecular flexibility index (Phi) is 4.82. The molecule has 0 saturated heterocycles. The van der Waals surface area contributed by atoms with Crippen molar-refractivity contribution in [2.45, 2.75) is 20.0 Å². The lowest BCUT2D eigenvalue weighted by molar-refractivity contribution is 0.0469. The van der Waals surface area contributed by atoms with Crippen molar-refractivity contribution in [2.75, 3.05) is 12.8 Å². The van der Waals surface area contributed by atoms with Crippen LogP contribution in [-0.4, -0.2) is 13.1 Å². The Labute approximate surface area is 124 Å². The number of rotatable bonds is 5. The van der Waals surface area contributed by atoms with Crippen molar-refractivity contribution in [1.29, 1.82) is 0 Å². The van der Waals surface area contributed by atoms with Crippen molar-refractivity contribution in [3.8, 4) is 5.75 Å². The van der Waals surface area contributed by atoms with Gasteiger partial charge in [-0.3, -0.25) is 0 Å². The Morgan fingerprint density at radius 3 is 2.38 bits per heavy atom. The van der Waals surface area contributed by atoms with Gasteiger partial charge in [-0.05, 0) is 29.7 Å². The zero-order valence-corrected chi connectivity index (χ0v) is 12.3. The fourth-order valence-corrected chi connectivity index (χ4v) is 2.04. The fourth-order valence-electron chi connectivity index (χ4n) is 2.04. The van der Waals surface area contributed by atoms with Crippen LogP contribution in [-0.2, 0) is 17.8 Å². The van der Waals surface area contributed by atoms with Crippen LogP contribution in [0, 0.1) is 0 Å². The van der Waals surface area contributed by atoms with E-state index in [0.717, 1.165) is 12.0 Å². The van der Waals surface area contributed by atoms with Crippen LogP contribution in [0.25, 0.3) is 0 Å². The molecule has 2 aromatic carbocycles. The average Bonchev–Trinajstić information content (AvgIpc) is 2.52. The first-order valence-electron chi connectivity index (χ1n) is 6.83. The average molecular weight is 285 g/mol. The van der Waals surface area contributed by atoms with E-state index in [1.54, 1.807) is 18.2 Å². The van der Waals surface area contributed by atoms with E-state index in [0.29, 0.717) is 17.0 Å². The van der Waals surface area contributed by atoms with Crippen LogP contribution in [0.5, 0.6) is 5.75 Å². The predicted octanol–water partition coefficient (Wildman–Crippen LogP) is 3.20. The van der Waals surface area contributed by atoms with Gasteiger partial charge in [-0.15, -0.1) is 0 Å². The summed E-state index contributed by atoms with van der Waals surface area (Å²) in [7, 11) is 1.48. The first-order valence-corrected chi connectivity index (χ1v) is 6.83. The van der Waals surface area contributed by atoms with Crippen LogP contribution < -0.4 is 10.5 Å². The van der Waals surface area contributed by atoms with E-state index in [-0.39, 0.29) is 6.61 Å². The highest BCUT2D eigenvalue weighted by Gasteiger charge is 2.15. The summed E-state index contributed by atoms with van der Waals surface area (Å²) in [6.45, 7) is 2.32. The molecule has 0 saturated carbocycles. The van der Waals surface area contributed by atoms with E-state index in [1.807, 2.05) is 24.3 Å². The number of nitrogen functional groups attached to an aromatic ring is 1. The Morgan fingerprint density at radius 2 is 1.76 bits per heavy atom. The molecular formula is C17H19NO3. The Balaban J connectivity index is 2.06. The summed E-state index contributed by atoms with van der Waals surface area (Å²) in [5.41, 5.74) is 8.73. The lowest BCUT2D eigenvalue weighted by atomic mass is 10.1. The first kappa shape index (κ1) is 14.9. The Hall–Kier alpha value is -2.49. The van der Waals surface area contributed by atoms with E-state index in [9.17, 15) is 4.79 Å². The molecular weight excluding hydrogens is 266 g/mol. The number of anilines is 1. The monoisotopic (exact) mass is 285 g/mol. The maximum Gasteiger partial charge on any atom is 0.342 e. The molecule has 0 spiro atoms. The molecule has 0 aliphatic rings. The molecule has 0 aliphatic carbocycles. The number of ether oxygens (including phenoxy) is 2. The third-order valence-electron chi connectivity index (χ3n) is 3.27. The molecule has 0 atom stereocenters. The topological polar surface area (TPSA) is 61.5 Å². The minimum Gasteiger partial charge on any atom is -0.494 e. The summed E-state index contributed by atoms with van der Waals surface area (Å²) in [5.74, 6) is -0.0949. The van der Waals surface area contributed by atoms with Crippen LogP contribution in [0.15, 0.2) is 42.5 Å². The van der Waals surface area contributed by atoms with Crippen molar-refractivity contribution >= 4 is 11.7 Å². The molecule has 0 radical (unpaired) electrons. The number of carbonyl (C=O) groups excluding carboxylic acids is 1. The van der Waals surface area contributed by atoms with E-state index in [1.165, 1.54) is 12.7 Å². The Bertz CT molecular complexity index is 620. The molecule has 2 N–H and O–H groups in total. The van der Waals surface area contributed by atoms with Crippen LogP contribution in [0.4, 0.5) is 5.69 Å². The van der Waals surface area contributed by atoms with Gasteiger partial charge in [0.25, 0.3) is 0 Å². The summed E-state index contributed by atoms with van der Waals surface area (Å²) in [5, 5.41) is 0. The highest BCUT2D eigenvalue weighted by molar-refractivity contribution is 5.94. The second-order valence-corrected chi connectivity index (χ2v) is 4.67. The molecule has 4 nitrogen and oxygen atoms in total.